The van der Waals surface area contributed by atoms with Gasteiger partial charge >= 0.3 is 0 Å². The quantitative estimate of drug-likeness (QED) is 0.874. The molecule has 4 heterocycles. The number of anilines is 1. The van der Waals surface area contributed by atoms with Gasteiger partial charge in [0.1, 0.15) is 11.5 Å². The highest BCUT2D eigenvalue weighted by molar-refractivity contribution is 7.09. The van der Waals surface area contributed by atoms with Gasteiger partial charge in [-0.25, -0.2) is 4.99 Å². The molecule has 2 N–H and O–H groups in total. The monoisotopic (exact) mass is 331 g/mol. The van der Waals surface area contributed by atoms with Gasteiger partial charge < -0.3 is 15.5 Å². The van der Waals surface area contributed by atoms with Gasteiger partial charge in [-0.05, 0) is 19.9 Å². The average molecular weight is 331 g/mol. The van der Waals surface area contributed by atoms with Crippen LogP contribution in [0.4, 0.5) is 11.5 Å². The summed E-state index contributed by atoms with van der Waals surface area (Å²) in [7, 11) is 4.11. The van der Waals surface area contributed by atoms with E-state index < -0.39 is 0 Å². The van der Waals surface area contributed by atoms with E-state index in [0.717, 1.165) is 49.8 Å². The first-order chi connectivity index (χ1) is 11.1. The lowest BCUT2D eigenvalue weighted by atomic mass is 9.85. The van der Waals surface area contributed by atoms with Crippen LogP contribution < -0.4 is 10.6 Å². The standard InChI is InChI=1S/C15H21N7S/c1-21-5-3-15(4-6-21)14(17-8-11-7-16-10-23-11)18-13-12(19-15)9-22(2)20-13/h7,9-10,19H,3-6,8H2,1-2H3,(H,17,18,20). The van der Waals surface area contributed by atoms with E-state index in [1.165, 1.54) is 4.88 Å². The van der Waals surface area contributed by atoms with E-state index in [2.05, 4.69) is 32.7 Å². The fraction of sp³-hybridized carbons (Fsp3) is 0.533. The molecule has 2 aliphatic rings. The number of thiazole rings is 1. The number of aliphatic imine (C=N–C) groups is 1. The number of piperidine rings is 1. The van der Waals surface area contributed by atoms with Crippen LogP contribution in [-0.4, -0.2) is 51.2 Å². The summed E-state index contributed by atoms with van der Waals surface area (Å²) in [5, 5.41) is 11.7. The van der Waals surface area contributed by atoms with Crippen LogP contribution in [0.15, 0.2) is 22.9 Å². The number of aromatic nitrogens is 3. The highest BCUT2D eigenvalue weighted by Gasteiger charge is 2.42. The Morgan fingerprint density at radius 3 is 2.91 bits per heavy atom. The lowest BCUT2D eigenvalue weighted by Gasteiger charge is -2.44. The van der Waals surface area contributed by atoms with Crippen molar-refractivity contribution in [2.24, 2.45) is 12.0 Å². The number of rotatable bonds is 2. The van der Waals surface area contributed by atoms with Crippen LogP contribution in [0, 0.1) is 0 Å². The lowest BCUT2D eigenvalue weighted by Crippen LogP contribution is -2.58. The van der Waals surface area contributed by atoms with E-state index in [1.54, 1.807) is 11.3 Å². The Hall–Kier alpha value is -1.93. The predicted octanol–water partition coefficient (Wildman–Crippen LogP) is 1.59. The van der Waals surface area contributed by atoms with Crippen LogP contribution in [-0.2, 0) is 13.6 Å². The minimum atomic E-state index is -0.118. The molecule has 0 aliphatic carbocycles. The third kappa shape index (κ3) is 2.72. The van der Waals surface area contributed by atoms with Crippen molar-refractivity contribution < 1.29 is 0 Å². The topological polar surface area (TPSA) is 70.4 Å². The van der Waals surface area contributed by atoms with Crippen molar-refractivity contribution in [3.05, 3.63) is 22.8 Å². The van der Waals surface area contributed by atoms with Crippen LogP contribution in [0.2, 0.25) is 0 Å². The van der Waals surface area contributed by atoms with Crippen molar-refractivity contribution in [2.75, 3.05) is 25.5 Å². The second-order valence-corrected chi connectivity index (χ2v) is 7.30. The molecule has 122 valence electrons. The maximum Gasteiger partial charge on any atom is 0.199 e. The molecule has 0 radical (unpaired) electrons. The predicted molar refractivity (Wildman–Crippen MR) is 92.3 cm³/mol. The van der Waals surface area contributed by atoms with Gasteiger partial charge in [-0.15, -0.1) is 11.3 Å². The molecule has 2 aliphatic heterocycles. The summed E-state index contributed by atoms with van der Waals surface area (Å²) in [6.07, 6.45) is 5.99. The molecule has 7 nitrogen and oxygen atoms in total. The van der Waals surface area contributed by atoms with Crippen molar-refractivity contribution in [2.45, 2.75) is 24.9 Å². The third-order valence-electron chi connectivity index (χ3n) is 4.61. The number of aryl methyl sites for hydroxylation is 1. The Bertz CT molecular complexity index is 710. The summed E-state index contributed by atoms with van der Waals surface area (Å²) in [5.41, 5.74) is 2.77. The average Bonchev–Trinajstić information content (AvgIpc) is 3.16. The van der Waals surface area contributed by atoms with Crippen molar-refractivity contribution in [3.63, 3.8) is 0 Å². The number of fused-ring (bicyclic) bond motifs is 1. The molecule has 0 amide bonds. The Labute approximate surface area is 139 Å². The number of hydrogen-bond donors (Lipinski definition) is 2. The van der Waals surface area contributed by atoms with Gasteiger partial charge in [-0.2, -0.15) is 5.10 Å². The SMILES string of the molecule is CN1CCC2(CC1)Nc1cn(C)nc1N=C2NCc1cncs1. The van der Waals surface area contributed by atoms with Crippen LogP contribution in [0.3, 0.4) is 0 Å². The van der Waals surface area contributed by atoms with Crippen molar-refractivity contribution in [3.8, 4) is 0 Å². The molecular formula is C15H21N7S. The molecule has 2 aromatic heterocycles. The molecule has 0 unspecified atom stereocenters. The zero-order valence-corrected chi connectivity index (χ0v) is 14.2. The molecule has 1 spiro atoms. The number of nitrogens with zero attached hydrogens (tertiary/aromatic N) is 5. The van der Waals surface area contributed by atoms with E-state index in [4.69, 9.17) is 4.99 Å². The Morgan fingerprint density at radius 2 is 2.17 bits per heavy atom. The van der Waals surface area contributed by atoms with Crippen LogP contribution in [0.1, 0.15) is 17.7 Å². The maximum absolute atomic E-state index is 4.84. The van der Waals surface area contributed by atoms with Crippen LogP contribution >= 0.6 is 11.3 Å². The normalized spacial score (nSPS) is 20.0. The molecular weight excluding hydrogens is 310 g/mol. The van der Waals surface area contributed by atoms with Gasteiger partial charge in [-0.1, -0.05) is 0 Å². The van der Waals surface area contributed by atoms with Gasteiger partial charge in [-0.3, -0.25) is 9.67 Å². The zero-order valence-electron chi connectivity index (χ0n) is 13.4. The van der Waals surface area contributed by atoms with E-state index in [-0.39, 0.29) is 5.54 Å². The lowest BCUT2D eigenvalue weighted by molar-refractivity contribution is 0.238. The molecule has 2 aromatic rings. The Morgan fingerprint density at radius 1 is 1.35 bits per heavy atom. The van der Waals surface area contributed by atoms with Crippen molar-refractivity contribution in [1.82, 2.24) is 25.0 Å². The minimum Gasteiger partial charge on any atom is -0.368 e. The fourth-order valence-electron chi connectivity index (χ4n) is 3.25. The van der Waals surface area contributed by atoms with E-state index in [1.807, 2.05) is 29.6 Å². The van der Waals surface area contributed by atoms with Crippen LogP contribution in [0.5, 0.6) is 0 Å². The second-order valence-electron chi connectivity index (χ2n) is 6.33. The van der Waals surface area contributed by atoms with E-state index in [9.17, 15) is 0 Å². The van der Waals surface area contributed by atoms with Crippen molar-refractivity contribution >= 4 is 28.7 Å². The minimum absolute atomic E-state index is 0.118. The van der Waals surface area contributed by atoms with Gasteiger partial charge in [0.15, 0.2) is 5.82 Å². The Balaban J connectivity index is 1.63. The largest absolute Gasteiger partial charge is 0.368 e. The van der Waals surface area contributed by atoms with Gasteiger partial charge in [0.2, 0.25) is 0 Å². The Kier molecular flexibility index (Phi) is 3.57. The first-order valence-corrected chi connectivity index (χ1v) is 8.73. The summed E-state index contributed by atoms with van der Waals surface area (Å²) < 4.78 is 1.82. The smallest absolute Gasteiger partial charge is 0.199 e. The van der Waals surface area contributed by atoms with E-state index in [0.29, 0.717) is 0 Å². The molecule has 1 saturated heterocycles. The summed E-state index contributed by atoms with van der Waals surface area (Å²) in [4.78, 5) is 12.6. The van der Waals surface area contributed by atoms with Gasteiger partial charge in [0.05, 0.1) is 23.8 Å². The molecule has 0 saturated carbocycles. The second kappa shape index (κ2) is 5.61. The van der Waals surface area contributed by atoms with Gasteiger partial charge in [0, 0.05) is 31.2 Å². The zero-order chi connectivity index (χ0) is 15.9. The molecule has 8 heteroatoms. The summed E-state index contributed by atoms with van der Waals surface area (Å²) >= 11 is 1.66. The molecule has 0 bridgehead atoms. The number of likely N-dealkylation sites (tertiary alicyclic amines) is 1. The summed E-state index contributed by atoms with van der Waals surface area (Å²) in [6.45, 7) is 2.87. The van der Waals surface area contributed by atoms with Crippen LogP contribution in [0.25, 0.3) is 0 Å². The number of hydrogen-bond acceptors (Lipinski definition) is 7. The number of amidine groups is 1. The first-order valence-electron chi connectivity index (χ1n) is 7.85. The van der Waals surface area contributed by atoms with Crippen molar-refractivity contribution in [1.29, 1.82) is 0 Å². The molecule has 1 fully saturated rings. The third-order valence-corrected chi connectivity index (χ3v) is 5.39. The summed E-state index contributed by atoms with van der Waals surface area (Å²) in [5.74, 6) is 1.77. The highest BCUT2D eigenvalue weighted by atomic mass is 32.1. The first kappa shape index (κ1) is 14.6. The van der Waals surface area contributed by atoms with Gasteiger partial charge in [0.25, 0.3) is 0 Å². The molecule has 23 heavy (non-hydrogen) atoms. The molecule has 0 aromatic carbocycles. The molecule has 0 atom stereocenters. The number of nitrogens with one attached hydrogen (secondary N) is 2. The van der Waals surface area contributed by atoms with E-state index >= 15 is 0 Å². The summed E-state index contributed by atoms with van der Waals surface area (Å²) in [6, 6.07) is 0. The molecule has 4 rings (SSSR count). The maximum atomic E-state index is 4.84. The highest BCUT2D eigenvalue weighted by Crippen LogP contribution is 2.37. The fourth-order valence-corrected chi connectivity index (χ4v) is 3.78.